The average Bonchev–Trinajstić information content (AvgIpc) is 3.91. The number of nitrogens with zero attached hydrogens (tertiary/aromatic N) is 16. The molecule has 3 aliphatic heterocycles. The number of amidine groups is 3. The van der Waals surface area contributed by atoms with Gasteiger partial charge >= 0.3 is 0 Å². The number of aliphatic imine (C=N–C) groups is 6. The van der Waals surface area contributed by atoms with E-state index >= 15 is 0 Å². The third kappa shape index (κ3) is 4.16. The summed E-state index contributed by atoms with van der Waals surface area (Å²) in [4.78, 5) is 30.3. The molecule has 9 rings (SSSR count). The normalized spacial score (nSPS) is 15.3. The first-order chi connectivity index (χ1) is 22.8. The van der Waals surface area contributed by atoms with E-state index < -0.39 is 0 Å². The van der Waals surface area contributed by atoms with Crippen molar-refractivity contribution in [2.45, 2.75) is 0 Å². The minimum atomic E-state index is 0.223. The molecule has 0 aliphatic carbocycles. The summed E-state index contributed by atoms with van der Waals surface area (Å²) in [5.74, 6) is 2.58. The van der Waals surface area contributed by atoms with Crippen molar-refractivity contribution in [2.75, 3.05) is 0 Å². The van der Waals surface area contributed by atoms with Crippen LogP contribution in [0, 0.1) is 0 Å². The topological polar surface area (TPSA) is 170 Å². The second kappa shape index (κ2) is 10.3. The Hall–Kier alpha value is -7.10. The van der Waals surface area contributed by atoms with E-state index in [9.17, 15) is 0 Å². The predicted molar refractivity (Wildman–Crippen MR) is 168 cm³/mol. The molecular formula is C30H18N16. The fraction of sp³-hybridized carbons (Fsp3) is 0. The molecule has 0 spiro atoms. The summed E-state index contributed by atoms with van der Waals surface area (Å²) in [5, 5.41) is 25.5. The SMILES string of the molecule is c1ccc(-n2cnnc2C2=NC3=NC(c4nncn4-c4ccccc4)=NC4=NC(c5nncn5-c5ccccc5)=NC(=N2)N34)cc1. The van der Waals surface area contributed by atoms with E-state index in [0.717, 1.165) is 17.1 Å². The number of para-hydroxylation sites is 3. The van der Waals surface area contributed by atoms with Crippen LogP contribution in [-0.4, -0.2) is 84.6 Å². The zero-order valence-corrected chi connectivity index (χ0v) is 23.5. The van der Waals surface area contributed by atoms with E-state index in [1.807, 2.05) is 91.0 Å². The van der Waals surface area contributed by atoms with Crippen molar-refractivity contribution in [1.82, 2.24) is 49.2 Å². The molecule has 218 valence electrons. The van der Waals surface area contributed by atoms with Gasteiger partial charge in [-0.05, 0) is 36.4 Å². The number of guanidine groups is 3. The van der Waals surface area contributed by atoms with E-state index in [0.29, 0.717) is 17.5 Å². The number of hydrogen-bond acceptors (Lipinski definition) is 13. The molecule has 46 heavy (non-hydrogen) atoms. The van der Waals surface area contributed by atoms with Gasteiger partial charge in [0.2, 0.25) is 52.9 Å². The summed E-state index contributed by atoms with van der Waals surface area (Å²) in [7, 11) is 0. The Morgan fingerprint density at radius 3 is 0.957 bits per heavy atom. The van der Waals surface area contributed by atoms with Gasteiger partial charge in [0.05, 0.1) is 0 Å². The highest BCUT2D eigenvalue weighted by atomic mass is 15.5. The predicted octanol–water partition coefficient (Wildman–Crippen LogP) is 2.48. The number of rotatable bonds is 6. The highest BCUT2D eigenvalue weighted by Crippen LogP contribution is 2.23. The maximum absolute atomic E-state index is 4.79. The molecule has 0 atom stereocenters. The van der Waals surface area contributed by atoms with Crippen LogP contribution in [0.3, 0.4) is 0 Å². The van der Waals surface area contributed by atoms with Crippen LogP contribution >= 0.6 is 0 Å². The number of benzene rings is 3. The molecule has 3 aromatic carbocycles. The average molecular weight is 603 g/mol. The van der Waals surface area contributed by atoms with Crippen LogP contribution in [-0.2, 0) is 0 Å². The molecule has 0 radical (unpaired) electrons. The van der Waals surface area contributed by atoms with Gasteiger partial charge < -0.3 is 0 Å². The van der Waals surface area contributed by atoms with Gasteiger partial charge in [0, 0.05) is 17.1 Å². The van der Waals surface area contributed by atoms with E-state index in [4.69, 9.17) is 30.0 Å². The van der Waals surface area contributed by atoms with Crippen molar-refractivity contribution in [3.8, 4) is 17.1 Å². The molecular weight excluding hydrogens is 584 g/mol. The largest absolute Gasteiger partial charge is 0.279 e. The number of hydrogen-bond donors (Lipinski definition) is 0. The highest BCUT2D eigenvalue weighted by Gasteiger charge is 2.38. The van der Waals surface area contributed by atoms with Crippen molar-refractivity contribution < 1.29 is 0 Å². The highest BCUT2D eigenvalue weighted by molar-refractivity contribution is 6.33. The molecule has 6 heterocycles. The molecule has 0 bridgehead atoms. The van der Waals surface area contributed by atoms with Crippen molar-refractivity contribution in [3.05, 3.63) is 127 Å². The molecule has 0 saturated carbocycles. The summed E-state index contributed by atoms with van der Waals surface area (Å²) in [6.07, 6.45) is 4.80. The lowest BCUT2D eigenvalue weighted by Crippen LogP contribution is -2.48. The zero-order chi connectivity index (χ0) is 30.5. The van der Waals surface area contributed by atoms with E-state index in [1.54, 1.807) is 37.6 Å². The summed E-state index contributed by atoms with van der Waals surface area (Å²) in [5.41, 5.74) is 2.51. The Morgan fingerprint density at radius 1 is 0.348 bits per heavy atom. The van der Waals surface area contributed by atoms with E-state index in [1.165, 1.54) is 0 Å². The van der Waals surface area contributed by atoms with Crippen LogP contribution in [0.4, 0.5) is 0 Å². The van der Waals surface area contributed by atoms with Crippen molar-refractivity contribution in [1.29, 1.82) is 0 Å². The molecule has 3 aliphatic rings. The van der Waals surface area contributed by atoms with Crippen LogP contribution < -0.4 is 0 Å². The van der Waals surface area contributed by atoms with Gasteiger partial charge in [0.25, 0.3) is 0 Å². The monoisotopic (exact) mass is 602 g/mol. The van der Waals surface area contributed by atoms with E-state index in [2.05, 4.69) is 30.6 Å². The summed E-state index contributed by atoms with van der Waals surface area (Å²) >= 11 is 0. The molecule has 6 aromatic rings. The Bertz CT molecular complexity index is 2040. The van der Waals surface area contributed by atoms with Crippen LogP contribution in [0.2, 0.25) is 0 Å². The summed E-state index contributed by atoms with van der Waals surface area (Å²) in [6.45, 7) is 0. The molecule has 0 unspecified atom stereocenters. The van der Waals surface area contributed by atoms with Gasteiger partial charge in [-0.1, -0.05) is 54.6 Å². The third-order valence-electron chi connectivity index (χ3n) is 7.18. The minimum absolute atomic E-state index is 0.223. The Kier molecular flexibility index (Phi) is 5.67. The van der Waals surface area contributed by atoms with E-state index in [-0.39, 0.29) is 35.4 Å². The van der Waals surface area contributed by atoms with Gasteiger partial charge in [0.1, 0.15) is 19.0 Å². The molecule has 0 saturated heterocycles. The Labute approximate surface area is 259 Å². The maximum atomic E-state index is 4.79. The van der Waals surface area contributed by atoms with Gasteiger partial charge in [-0.25, -0.2) is 4.90 Å². The first kappa shape index (κ1) is 25.4. The molecule has 0 amide bonds. The van der Waals surface area contributed by atoms with Crippen LogP contribution in [0.25, 0.3) is 17.1 Å². The molecule has 3 aromatic heterocycles. The lowest BCUT2D eigenvalue weighted by Gasteiger charge is -2.29. The van der Waals surface area contributed by atoms with Crippen molar-refractivity contribution >= 4 is 35.4 Å². The first-order valence-electron chi connectivity index (χ1n) is 14.0. The molecule has 0 fully saturated rings. The zero-order valence-electron chi connectivity index (χ0n) is 23.5. The molecule has 16 heteroatoms. The lowest BCUT2D eigenvalue weighted by atomic mass is 10.3. The smallest absolute Gasteiger partial charge is 0.243 e. The summed E-state index contributed by atoms with van der Waals surface area (Å²) in [6, 6.07) is 29.0. The maximum Gasteiger partial charge on any atom is 0.243 e. The standard InChI is InChI=1S/C30H18N16/c1-4-10-19(11-5-1)43-16-31-40-25(43)22-34-28-36-23(26-41-32-17-44(26)20-12-6-2-7-13-20)38-30-39-24(37-29(35-22)46(28)30)27-42-33-18-45(27)21-14-8-3-9-15-21/h1-18H. The van der Waals surface area contributed by atoms with Crippen molar-refractivity contribution in [2.24, 2.45) is 30.0 Å². The van der Waals surface area contributed by atoms with Crippen LogP contribution in [0.1, 0.15) is 17.5 Å². The van der Waals surface area contributed by atoms with Gasteiger partial charge in [-0.15, -0.1) is 30.6 Å². The van der Waals surface area contributed by atoms with Gasteiger partial charge in [-0.3, -0.25) is 13.7 Å². The summed E-state index contributed by atoms with van der Waals surface area (Å²) < 4.78 is 5.37. The first-order valence-corrected chi connectivity index (χ1v) is 14.0. The second-order valence-electron chi connectivity index (χ2n) is 9.96. The quantitative estimate of drug-likeness (QED) is 0.282. The van der Waals surface area contributed by atoms with Crippen LogP contribution in [0.5, 0.6) is 0 Å². The van der Waals surface area contributed by atoms with Crippen molar-refractivity contribution in [3.63, 3.8) is 0 Å². The number of aromatic nitrogens is 9. The minimum Gasteiger partial charge on any atom is -0.279 e. The molecule has 0 N–H and O–H groups in total. The fourth-order valence-electron chi connectivity index (χ4n) is 5.08. The van der Waals surface area contributed by atoms with Crippen LogP contribution in [0.15, 0.2) is 140 Å². The molecule has 16 nitrogen and oxygen atoms in total. The Morgan fingerprint density at radius 2 is 0.652 bits per heavy atom. The fourth-order valence-corrected chi connectivity index (χ4v) is 5.08. The second-order valence-corrected chi connectivity index (χ2v) is 9.96. The third-order valence-corrected chi connectivity index (χ3v) is 7.18. The Balaban J connectivity index is 1.23. The lowest BCUT2D eigenvalue weighted by molar-refractivity contribution is 0.820. The van der Waals surface area contributed by atoms with Gasteiger partial charge in [0.15, 0.2) is 0 Å². The van der Waals surface area contributed by atoms with Gasteiger partial charge in [-0.2, -0.15) is 30.0 Å².